The highest BCUT2D eigenvalue weighted by molar-refractivity contribution is 7.46. The molecule has 1 unspecified atom stereocenters. The Hall–Kier alpha value is -2.44. The van der Waals surface area contributed by atoms with E-state index in [1.165, 1.54) is 0 Å². The van der Waals surface area contributed by atoms with E-state index in [9.17, 15) is 9.36 Å². The van der Waals surface area contributed by atoms with E-state index in [1.54, 1.807) is 18.2 Å². The van der Waals surface area contributed by atoms with Gasteiger partial charge in [0.2, 0.25) is 0 Å². The third-order valence-electron chi connectivity index (χ3n) is 3.75. The van der Waals surface area contributed by atoms with Gasteiger partial charge in [0.1, 0.15) is 5.58 Å². The van der Waals surface area contributed by atoms with E-state index in [2.05, 4.69) is 9.84 Å². The summed E-state index contributed by atoms with van der Waals surface area (Å²) in [5, 5.41) is 3.51. The molecule has 0 aliphatic heterocycles. The van der Waals surface area contributed by atoms with Crippen LogP contribution in [0, 0.1) is 0 Å². The Kier molecular flexibility index (Phi) is 5.54. The quantitative estimate of drug-likeness (QED) is 0.548. The number of rotatable bonds is 7. The molecule has 1 amide bonds. The van der Waals surface area contributed by atoms with E-state index in [0.29, 0.717) is 12.0 Å². The monoisotopic (exact) mass is 375 g/mol. The Labute approximate surface area is 149 Å². The normalized spacial score (nSPS) is 12.8. The summed E-state index contributed by atoms with van der Waals surface area (Å²) in [5.74, 6) is -0.350. The van der Waals surface area contributed by atoms with Crippen molar-refractivity contribution in [2.45, 2.75) is 12.5 Å². The summed E-state index contributed by atoms with van der Waals surface area (Å²) in [6.07, 6.45) is 0.354. The van der Waals surface area contributed by atoms with Crippen LogP contribution < -0.4 is 5.32 Å². The lowest BCUT2D eigenvalue weighted by Crippen LogP contribution is -2.39. The van der Waals surface area contributed by atoms with Crippen molar-refractivity contribution < 1.29 is 28.1 Å². The van der Waals surface area contributed by atoms with Gasteiger partial charge in [0.05, 0.1) is 12.6 Å². The summed E-state index contributed by atoms with van der Waals surface area (Å²) in [7, 11) is -4.64. The second kappa shape index (κ2) is 7.85. The number of carbonyl (C=O) groups is 1. The highest BCUT2D eigenvalue weighted by Crippen LogP contribution is 2.35. The molecule has 1 atom stereocenters. The molecule has 2 aromatic carbocycles. The average Bonchev–Trinajstić information content (AvgIpc) is 3.04. The maximum Gasteiger partial charge on any atom is 0.469 e. The minimum Gasteiger partial charge on any atom is -0.451 e. The van der Waals surface area contributed by atoms with Crippen molar-refractivity contribution in [1.82, 2.24) is 5.32 Å². The molecule has 1 heterocycles. The zero-order valence-electron chi connectivity index (χ0n) is 13.7. The SMILES string of the molecule is O=C(NC(COP(=O)(O)O)Cc1ccccc1)c1cc2ccccc2o1. The van der Waals surface area contributed by atoms with Crippen molar-refractivity contribution in [3.05, 3.63) is 72.0 Å². The minimum absolute atomic E-state index is 0.125. The molecule has 3 N–H and O–H groups in total. The first-order valence-corrected chi connectivity index (χ1v) is 9.47. The number of furan rings is 1. The van der Waals surface area contributed by atoms with Gasteiger partial charge < -0.3 is 19.5 Å². The molecule has 7 nitrogen and oxygen atoms in total. The number of para-hydroxylation sites is 1. The zero-order valence-corrected chi connectivity index (χ0v) is 14.6. The van der Waals surface area contributed by atoms with Crippen LogP contribution >= 0.6 is 7.82 Å². The topological polar surface area (TPSA) is 109 Å². The minimum atomic E-state index is -4.64. The van der Waals surface area contributed by atoms with Gasteiger partial charge in [-0.25, -0.2) is 4.57 Å². The second-order valence-corrected chi connectivity index (χ2v) is 7.03. The number of benzene rings is 2. The van der Waals surface area contributed by atoms with Gasteiger partial charge >= 0.3 is 7.82 Å². The van der Waals surface area contributed by atoms with Gasteiger partial charge in [-0.15, -0.1) is 0 Å². The molecular weight excluding hydrogens is 357 g/mol. The van der Waals surface area contributed by atoms with Crippen LogP contribution in [-0.2, 0) is 15.5 Å². The van der Waals surface area contributed by atoms with Crippen molar-refractivity contribution in [2.75, 3.05) is 6.61 Å². The smallest absolute Gasteiger partial charge is 0.451 e. The Morgan fingerprint density at radius 2 is 1.81 bits per heavy atom. The summed E-state index contributed by atoms with van der Waals surface area (Å²) in [6, 6.07) is 17.5. The third-order valence-corrected chi connectivity index (χ3v) is 4.24. The first-order chi connectivity index (χ1) is 12.4. The first-order valence-electron chi connectivity index (χ1n) is 7.94. The molecule has 136 valence electrons. The van der Waals surface area contributed by atoms with E-state index in [-0.39, 0.29) is 12.4 Å². The van der Waals surface area contributed by atoms with Gasteiger partial charge in [0, 0.05) is 5.39 Å². The van der Waals surface area contributed by atoms with Crippen molar-refractivity contribution >= 4 is 24.7 Å². The van der Waals surface area contributed by atoms with Crippen LogP contribution in [0.2, 0.25) is 0 Å². The average molecular weight is 375 g/mol. The molecule has 0 aliphatic carbocycles. The predicted octanol–water partition coefficient (Wildman–Crippen LogP) is 2.88. The molecule has 0 aliphatic rings. The van der Waals surface area contributed by atoms with E-state index in [4.69, 9.17) is 14.2 Å². The molecule has 0 saturated carbocycles. The van der Waals surface area contributed by atoms with Gasteiger partial charge in [-0.05, 0) is 24.1 Å². The van der Waals surface area contributed by atoms with E-state index in [1.807, 2.05) is 42.5 Å². The van der Waals surface area contributed by atoms with Crippen molar-refractivity contribution in [2.24, 2.45) is 0 Å². The molecule has 8 heteroatoms. The molecule has 1 aromatic heterocycles. The number of hydrogen-bond acceptors (Lipinski definition) is 4. The lowest BCUT2D eigenvalue weighted by Gasteiger charge is -2.18. The van der Waals surface area contributed by atoms with Crippen molar-refractivity contribution in [3.63, 3.8) is 0 Å². The molecule has 3 rings (SSSR count). The number of carbonyl (C=O) groups excluding carboxylic acids is 1. The van der Waals surface area contributed by atoms with Gasteiger partial charge in [0.25, 0.3) is 5.91 Å². The molecule has 26 heavy (non-hydrogen) atoms. The molecule has 0 fully saturated rings. The summed E-state index contributed by atoms with van der Waals surface area (Å²) in [4.78, 5) is 30.4. The Balaban J connectivity index is 1.74. The largest absolute Gasteiger partial charge is 0.469 e. The number of phosphoric ester groups is 1. The maximum atomic E-state index is 12.5. The summed E-state index contributed by atoms with van der Waals surface area (Å²) in [5.41, 5.74) is 1.49. The Morgan fingerprint density at radius 3 is 2.50 bits per heavy atom. The van der Waals surface area contributed by atoms with Crippen molar-refractivity contribution in [3.8, 4) is 0 Å². The number of fused-ring (bicyclic) bond motifs is 1. The van der Waals surface area contributed by atoms with E-state index in [0.717, 1.165) is 10.9 Å². The standard InChI is InChI=1S/C18H18NO6P/c20-18(17-11-14-8-4-5-9-16(14)25-17)19-15(12-24-26(21,22)23)10-13-6-2-1-3-7-13/h1-9,11,15H,10,12H2,(H,19,20)(H2,21,22,23). The Morgan fingerprint density at radius 1 is 1.12 bits per heavy atom. The van der Waals surface area contributed by atoms with Crippen molar-refractivity contribution in [1.29, 1.82) is 0 Å². The molecule has 0 bridgehead atoms. The summed E-state index contributed by atoms with van der Waals surface area (Å²) < 4.78 is 21.1. The van der Waals surface area contributed by atoms with Crippen LogP contribution in [0.4, 0.5) is 0 Å². The zero-order chi connectivity index (χ0) is 18.6. The molecule has 0 radical (unpaired) electrons. The van der Waals surface area contributed by atoms with Gasteiger partial charge in [0.15, 0.2) is 5.76 Å². The summed E-state index contributed by atoms with van der Waals surface area (Å²) in [6.45, 7) is -0.328. The van der Waals surface area contributed by atoms with Crippen LogP contribution in [0.5, 0.6) is 0 Å². The van der Waals surface area contributed by atoms with E-state index >= 15 is 0 Å². The number of hydrogen-bond donors (Lipinski definition) is 3. The van der Waals surface area contributed by atoms with Crippen LogP contribution in [0.1, 0.15) is 16.1 Å². The number of amides is 1. The highest BCUT2D eigenvalue weighted by Gasteiger charge is 2.22. The number of phosphoric acid groups is 1. The predicted molar refractivity (Wildman–Crippen MR) is 95.6 cm³/mol. The fourth-order valence-electron chi connectivity index (χ4n) is 2.59. The molecule has 0 spiro atoms. The summed E-state index contributed by atoms with van der Waals surface area (Å²) >= 11 is 0. The van der Waals surface area contributed by atoms with Gasteiger partial charge in [-0.1, -0.05) is 48.5 Å². The lowest BCUT2D eigenvalue weighted by atomic mass is 10.1. The fraction of sp³-hybridized carbons (Fsp3) is 0.167. The Bertz CT molecular complexity index is 900. The maximum absolute atomic E-state index is 12.5. The molecule has 3 aromatic rings. The second-order valence-electron chi connectivity index (χ2n) is 5.79. The van der Waals surface area contributed by atoms with Crippen LogP contribution in [0.3, 0.4) is 0 Å². The van der Waals surface area contributed by atoms with Crippen LogP contribution in [-0.4, -0.2) is 28.3 Å². The number of nitrogens with one attached hydrogen (secondary N) is 1. The first kappa shape index (κ1) is 18.4. The van der Waals surface area contributed by atoms with Gasteiger partial charge in [-0.2, -0.15) is 0 Å². The van der Waals surface area contributed by atoms with Crippen LogP contribution in [0.15, 0.2) is 65.1 Å². The third kappa shape index (κ3) is 5.03. The molecule has 0 saturated heterocycles. The van der Waals surface area contributed by atoms with Gasteiger partial charge in [-0.3, -0.25) is 9.32 Å². The van der Waals surface area contributed by atoms with Crippen LogP contribution in [0.25, 0.3) is 11.0 Å². The lowest BCUT2D eigenvalue weighted by molar-refractivity contribution is 0.0884. The highest BCUT2D eigenvalue weighted by atomic mass is 31.2. The van der Waals surface area contributed by atoms with E-state index < -0.39 is 19.8 Å². The fourth-order valence-corrected chi connectivity index (χ4v) is 2.96. The molecular formula is C18H18NO6P.